The molecular weight excluding hydrogens is 380 g/mol. The predicted molar refractivity (Wildman–Crippen MR) is 117 cm³/mol. The van der Waals surface area contributed by atoms with Gasteiger partial charge in [-0.2, -0.15) is 5.10 Å². The minimum Gasteiger partial charge on any atom is -0.378 e. The van der Waals surface area contributed by atoms with Crippen molar-refractivity contribution in [2.24, 2.45) is 0 Å². The molecule has 3 aromatic heterocycles. The number of morpholine rings is 1. The minimum atomic E-state index is 0.361. The molecule has 0 saturated carbocycles. The highest BCUT2D eigenvalue weighted by Crippen LogP contribution is 2.35. The molecule has 0 atom stereocenters. The van der Waals surface area contributed by atoms with Crippen LogP contribution in [-0.4, -0.2) is 72.3 Å². The van der Waals surface area contributed by atoms with Gasteiger partial charge < -0.3 is 19.3 Å². The van der Waals surface area contributed by atoms with E-state index in [0.29, 0.717) is 6.10 Å². The maximum atomic E-state index is 5.86. The lowest BCUT2D eigenvalue weighted by atomic mass is 10.0. The van der Waals surface area contributed by atoms with Crippen molar-refractivity contribution >= 4 is 22.4 Å². The Labute approximate surface area is 176 Å². The molecule has 5 heterocycles. The van der Waals surface area contributed by atoms with Crippen LogP contribution < -0.4 is 9.80 Å². The van der Waals surface area contributed by atoms with E-state index in [0.717, 1.165) is 86.9 Å². The van der Waals surface area contributed by atoms with E-state index in [9.17, 15) is 0 Å². The van der Waals surface area contributed by atoms with Crippen LogP contribution in [-0.2, 0) is 9.47 Å². The number of rotatable bonds is 5. The van der Waals surface area contributed by atoms with Gasteiger partial charge in [-0.1, -0.05) is 0 Å². The molecule has 8 heteroatoms. The summed E-state index contributed by atoms with van der Waals surface area (Å²) in [5.74, 6) is 0.987. The van der Waals surface area contributed by atoms with E-state index in [2.05, 4.69) is 44.0 Å². The van der Waals surface area contributed by atoms with Gasteiger partial charge in [-0.3, -0.25) is 10.1 Å². The van der Waals surface area contributed by atoms with Gasteiger partial charge in [0.15, 0.2) is 0 Å². The van der Waals surface area contributed by atoms with E-state index in [4.69, 9.17) is 14.5 Å². The largest absolute Gasteiger partial charge is 0.378 e. The molecule has 1 N–H and O–H groups in total. The zero-order valence-corrected chi connectivity index (χ0v) is 17.4. The van der Waals surface area contributed by atoms with Gasteiger partial charge in [-0.25, -0.2) is 4.98 Å². The second kappa shape index (κ2) is 8.57. The minimum absolute atomic E-state index is 0.361. The summed E-state index contributed by atoms with van der Waals surface area (Å²) in [6, 6.07) is 6.26. The lowest BCUT2D eigenvalue weighted by Gasteiger charge is -2.35. The molecule has 0 unspecified atom stereocenters. The molecule has 0 spiro atoms. The molecule has 3 aromatic rings. The van der Waals surface area contributed by atoms with Gasteiger partial charge in [0.2, 0.25) is 0 Å². The molecule has 2 fully saturated rings. The number of hydrogen-bond acceptors (Lipinski definition) is 7. The van der Waals surface area contributed by atoms with Crippen molar-refractivity contribution in [2.75, 3.05) is 55.8 Å². The predicted octanol–water partition coefficient (Wildman–Crippen LogP) is 2.86. The summed E-state index contributed by atoms with van der Waals surface area (Å²) in [4.78, 5) is 14.5. The SMILES string of the molecule is CCOC1CCN(c2cc(N3CCOCC3)nc3c(-c4ccn[nH]4)nccc23)CC1. The number of ether oxygens (including phenoxy) is 2. The number of aromatic amines is 1. The van der Waals surface area contributed by atoms with Crippen molar-refractivity contribution in [1.82, 2.24) is 20.2 Å². The van der Waals surface area contributed by atoms with Crippen molar-refractivity contribution in [1.29, 1.82) is 0 Å². The molecule has 0 aliphatic carbocycles. The van der Waals surface area contributed by atoms with Gasteiger partial charge in [-0.15, -0.1) is 0 Å². The van der Waals surface area contributed by atoms with Gasteiger partial charge in [-0.05, 0) is 31.9 Å². The molecule has 5 rings (SSSR count). The number of fused-ring (bicyclic) bond motifs is 1. The van der Waals surface area contributed by atoms with Gasteiger partial charge >= 0.3 is 0 Å². The van der Waals surface area contributed by atoms with Crippen LogP contribution in [0.2, 0.25) is 0 Å². The second-order valence-electron chi connectivity index (χ2n) is 7.77. The van der Waals surface area contributed by atoms with E-state index in [1.807, 2.05) is 12.3 Å². The first kappa shape index (κ1) is 19.3. The maximum Gasteiger partial charge on any atom is 0.131 e. The Kier molecular flexibility index (Phi) is 5.50. The molecule has 30 heavy (non-hydrogen) atoms. The van der Waals surface area contributed by atoms with Crippen LogP contribution in [0.15, 0.2) is 30.6 Å². The highest BCUT2D eigenvalue weighted by atomic mass is 16.5. The Morgan fingerprint density at radius 1 is 1.10 bits per heavy atom. The van der Waals surface area contributed by atoms with Gasteiger partial charge in [0, 0.05) is 62.3 Å². The zero-order valence-electron chi connectivity index (χ0n) is 17.4. The fourth-order valence-electron chi connectivity index (χ4n) is 4.42. The quantitative estimate of drug-likeness (QED) is 0.695. The first-order valence-corrected chi connectivity index (χ1v) is 10.8. The number of H-pyrrole nitrogens is 1. The lowest BCUT2D eigenvalue weighted by molar-refractivity contribution is 0.0459. The zero-order chi connectivity index (χ0) is 20.3. The highest BCUT2D eigenvalue weighted by molar-refractivity contribution is 6.00. The molecule has 0 aromatic carbocycles. The highest BCUT2D eigenvalue weighted by Gasteiger charge is 2.24. The average molecular weight is 409 g/mol. The molecule has 8 nitrogen and oxygen atoms in total. The van der Waals surface area contributed by atoms with Gasteiger partial charge in [0.1, 0.15) is 17.0 Å². The summed E-state index contributed by atoms with van der Waals surface area (Å²) in [7, 11) is 0. The third-order valence-corrected chi connectivity index (χ3v) is 5.97. The second-order valence-corrected chi connectivity index (χ2v) is 7.77. The Balaban J connectivity index is 1.59. The molecule has 0 radical (unpaired) electrons. The van der Waals surface area contributed by atoms with Crippen LogP contribution >= 0.6 is 0 Å². The molecule has 0 amide bonds. The van der Waals surface area contributed by atoms with Gasteiger partial charge in [0.25, 0.3) is 0 Å². The fraction of sp³-hybridized carbons (Fsp3) is 0.500. The van der Waals surface area contributed by atoms with Crippen molar-refractivity contribution in [3.8, 4) is 11.4 Å². The van der Waals surface area contributed by atoms with Crippen LogP contribution in [0, 0.1) is 0 Å². The molecule has 158 valence electrons. The van der Waals surface area contributed by atoms with Crippen LogP contribution in [0.1, 0.15) is 19.8 Å². The summed E-state index contributed by atoms with van der Waals surface area (Å²) in [6.45, 7) is 7.98. The number of aromatic nitrogens is 4. The third-order valence-electron chi connectivity index (χ3n) is 5.97. The van der Waals surface area contributed by atoms with E-state index < -0.39 is 0 Å². The molecular formula is C22H28N6O2. The summed E-state index contributed by atoms with van der Waals surface area (Å²) in [5, 5.41) is 8.29. The topological polar surface area (TPSA) is 79.4 Å². The van der Waals surface area contributed by atoms with Crippen LogP contribution in [0.3, 0.4) is 0 Å². The molecule has 2 aliphatic heterocycles. The fourth-order valence-corrected chi connectivity index (χ4v) is 4.42. The normalized spacial score (nSPS) is 18.3. The maximum absolute atomic E-state index is 5.86. The van der Waals surface area contributed by atoms with Gasteiger partial charge in [0.05, 0.1) is 25.0 Å². The summed E-state index contributed by atoms with van der Waals surface area (Å²) in [5.41, 5.74) is 3.85. The smallest absolute Gasteiger partial charge is 0.131 e. The Morgan fingerprint density at radius 3 is 2.67 bits per heavy atom. The summed E-state index contributed by atoms with van der Waals surface area (Å²) < 4.78 is 11.4. The summed E-state index contributed by atoms with van der Waals surface area (Å²) in [6.07, 6.45) is 6.07. The number of piperidine rings is 1. The van der Waals surface area contributed by atoms with E-state index in [1.54, 1.807) is 6.20 Å². The first-order chi connectivity index (χ1) is 14.8. The third kappa shape index (κ3) is 3.73. The van der Waals surface area contributed by atoms with Crippen molar-refractivity contribution < 1.29 is 9.47 Å². The molecule has 2 aliphatic rings. The number of nitrogens with one attached hydrogen (secondary N) is 1. The number of pyridine rings is 2. The Bertz CT molecular complexity index is 979. The van der Waals surface area contributed by atoms with E-state index >= 15 is 0 Å². The van der Waals surface area contributed by atoms with Crippen molar-refractivity contribution in [3.63, 3.8) is 0 Å². The van der Waals surface area contributed by atoms with E-state index in [1.165, 1.54) is 5.69 Å². The number of anilines is 2. The number of hydrogen-bond donors (Lipinski definition) is 1. The standard InChI is InChI=1S/C22H28N6O2/c1-2-30-16-5-9-27(10-6-16)19-15-20(28-11-13-29-14-12-28)25-21-17(19)3-7-23-22(21)18-4-8-24-26-18/h3-4,7-8,15-16H,2,5-6,9-14H2,1H3,(H,24,26). The van der Waals surface area contributed by atoms with Crippen LogP contribution in [0.25, 0.3) is 22.3 Å². The molecule has 2 saturated heterocycles. The lowest BCUT2D eigenvalue weighted by Crippen LogP contribution is -2.38. The van der Waals surface area contributed by atoms with Crippen molar-refractivity contribution in [2.45, 2.75) is 25.9 Å². The first-order valence-electron chi connectivity index (χ1n) is 10.8. The van der Waals surface area contributed by atoms with E-state index in [-0.39, 0.29) is 0 Å². The monoisotopic (exact) mass is 408 g/mol. The number of nitrogens with zero attached hydrogens (tertiary/aromatic N) is 5. The summed E-state index contributed by atoms with van der Waals surface area (Å²) >= 11 is 0. The Hall–Kier alpha value is -2.71. The van der Waals surface area contributed by atoms with Crippen molar-refractivity contribution in [3.05, 3.63) is 30.6 Å². The molecule has 0 bridgehead atoms. The Morgan fingerprint density at radius 2 is 1.93 bits per heavy atom. The van der Waals surface area contributed by atoms with Crippen LogP contribution in [0.4, 0.5) is 11.5 Å². The van der Waals surface area contributed by atoms with Crippen LogP contribution in [0.5, 0.6) is 0 Å². The average Bonchev–Trinajstić information content (AvgIpc) is 3.34.